The Balaban J connectivity index is 1.38. The van der Waals surface area contributed by atoms with Crippen LogP contribution in [-0.4, -0.2) is 37.7 Å². The second-order valence-electron chi connectivity index (χ2n) is 7.11. The molecule has 0 spiro atoms. The number of aromatic nitrogens is 5. The van der Waals surface area contributed by atoms with Crippen LogP contribution in [0.15, 0.2) is 36.7 Å². The monoisotopic (exact) mass is 378 g/mol. The van der Waals surface area contributed by atoms with E-state index in [0.29, 0.717) is 11.7 Å². The minimum atomic E-state index is 0.543. The van der Waals surface area contributed by atoms with E-state index in [4.69, 9.17) is 4.98 Å². The SMILES string of the molecule is CCCc1cc(N2CCC(c3nc4ccccc4s3)CC2)n2ncnc2n1. The highest BCUT2D eigenvalue weighted by Gasteiger charge is 2.25. The van der Waals surface area contributed by atoms with E-state index in [2.05, 4.69) is 57.2 Å². The van der Waals surface area contributed by atoms with Gasteiger partial charge in [0.1, 0.15) is 12.1 Å². The molecular formula is C20H22N6S. The zero-order valence-corrected chi connectivity index (χ0v) is 16.2. The van der Waals surface area contributed by atoms with Gasteiger partial charge in [-0.3, -0.25) is 0 Å². The summed E-state index contributed by atoms with van der Waals surface area (Å²) in [6.45, 7) is 4.19. The van der Waals surface area contributed by atoms with Gasteiger partial charge in [0.15, 0.2) is 0 Å². The lowest BCUT2D eigenvalue weighted by atomic mass is 9.97. The van der Waals surface area contributed by atoms with Crippen molar-refractivity contribution in [3.63, 3.8) is 0 Å². The fourth-order valence-electron chi connectivity index (χ4n) is 3.87. The lowest BCUT2D eigenvalue weighted by Gasteiger charge is -2.32. The molecule has 1 fully saturated rings. The molecule has 0 bridgehead atoms. The molecule has 5 rings (SSSR count). The molecule has 0 radical (unpaired) electrons. The van der Waals surface area contributed by atoms with E-state index in [0.717, 1.165) is 55.8 Å². The van der Waals surface area contributed by atoms with E-state index >= 15 is 0 Å². The quantitative estimate of drug-likeness (QED) is 0.536. The van der Waals surface area contributed by atoms with Crippen molar-refractivity contribution in [2.75, 3.05) is 18.0 Å². The molecule has 27 heavy (non-hydrogen) atoms. The topological polar surface area (TPSA) is 59.2 Å². The van der Waals surface area contributed by atoms with Gasteiger partial charge in [0.05, 0.1) is 15.2 Å². The zero-order chi connectivity index (χ0) is 18.2. The number of anilines is 1. The third kappa shape index (κ3) is 3.06. The summed E-state index contributed by atoms with van der Waals surface area (Å²) in [4.78, 5) is 16.2. The standard InChI is InChI=1S/C20H22N6S/c1-2-5-15-12-18(26-20(23-15)21-13-22-26)25-10-8-14(9-11-25)19-24-16-6-3-4-7-17(16)27-19/h3-4,6-7,12-14H,2,5,8-11H2,1H3. The van der Waals surface area contributed by atoms with Crippen LogP contribution in [0.3, 0.4) is 0 Å². The van der Waals surface area contributed by atoms with Crippen molar-refractivity contribution in [1.29, 1.82) is 0 Å². The van der Waals surface area contributed by atoms with Gasteiger partial charge in [-0.2, -0.15) is 14.6 Å². The summed E-state index contributed by atoms with van der Waals surface area (Å²) in [7, 11) is 0. The molecule has 138 valence electrons. The van der Waals surface area contributed by atoms with Gasteiger partial charge in [-0.1, -0.05) is 25.5 Å². The number of hydrogen-bond donors (Lipinski definition) is 0. The second kappa shape index (κ2) is 6.88. The van der Waals surface area contributed by atoms with E-state index < -0.39 is 0 Å². The van der Waals surface area contributed by atoms with Crippen molar-refractivity contribution in [3.05, 3.63) is 47.4 Å². The Morgan fingerprint density at radius 1 is 1.15 bits per heavy atom. The smallest absolute Gasteiger partial charge is 0.254 e. The van der Waals surface area contributed by atoms with Crippen LogP contribution >= 0.6 is 11.3 Å². The van der Waals surface area contributed by atoms with E-state index in [1.54, 1.807) is 6.33 Å². The highest BCUT2D eigenvalue weighted by molar-refractivity contribution is 7.18. The Morgan fingerprint density at radius 2 is 2.00 bits per heavy atom. The van der Waals surface area contributed by atoms with E-state index in [1.807, 2.05) is 15.9 Å². The van der Waals surface area contributed by atoms with Crippen molar-refractivity contribution in [2.24, 2.45) is 0 Å². The van der Waals surface area contributed by atoms with Crippen LogP contribution in [0, 0.1) is 0 Å². The van der Waals surface area contributed by atoms with Gasteiger partial charge < -0.3 is 4.90 Å². The first-order valence-corrected chi connectivity index (χ1v) is 10.4. The van der Waals surface area contributed by atoms with Crippen molar-refractivity contribution < 1.29 is 0 Å². The van der Waals surface area contributed by atoms with Crippen LogP contribution in [-0.2, 0) is 6.42 Å². The Kier molecular flexibility index (Phi) is 4.24. The van der Waals surface area contributed by atoms with Gasteiger partial charge in [-0.25, -0.2) is 9.97 Å². The van der Waals surface area contributed by atoms with Crippen molar-refractivity contribution >= 4 is 33.1 Å². The van der Waals surface area contributed by atoms with Gasteiger partial charge >= 0.3 is 0 Å². The normalized spacial score (nSPS) is 15.8. The predicted octanol–water partition coefficient (Wildman–Crippen LogP) is 4.07. The van der Waals surface area contributed by atoms with E-state index in [-0.39, 0.29) is 0 Å². The lowest BCUT2D eigenvalue weighted by molar-refractivity contribution is 0.498. The maximum atomic E-state index is 4.88. The summed E-state index contributed by atoms with van der Waals surface area (Å²) >= 11 is 1.85. The molecule has 1 aliphatic heterocycles. The third-order valence-electron chi connectivity index (χ3n) is 5.27. The average Bonchev–Trinajstić information content (AvgIpc) is 3.34. The van der Waals surface area contributed by atoms with Gasteiger partial charge in [-0.15, -0.1) is 11.3 Å². The fourth-order valence-corrected chi connectivity index (χ4v) is 5.01. The number of thiazole rings is 1. The summed E-state index contributed by atoms with van der Waals surface area (Å²) in [5.41, 5.74) is 2.23. The summed E-state index contributed by atoms with van der Waals surface area (Å²) in [6, 6.07) is 10.6. The molecule has 4 heterocycles. The van der Waals surface area contributed by atoms with Crippen molar-refractivity contribution in [1.82, 2.24) is 24.6 Å². The Hall–Kier alpha value is -2.54. The Labute approximate surface area is 161 Å². The summed E-state index contributed by atoms with van der Waals surface area (Å²) < 4.78 is 3.16. The average molecular weight is 379 g/mol. The lowest BCUT2D eigenvalue weighted by Crippen LogP contribution is -2.34. The number of piperidine rings is 1. The molecule has 0 atom stereocenters. The molecule has 3 aromatic heterocycles. The number of hydrogen-bond acceptors (Lipinski definition) is 6. The molecule has 1 aliphatic rings. The fraction of sp³-hybridized carbons (Fsp3) is 0.400. The first-order valence-electron chi connectivity index (χ1n) is 9.62. The van der Waals surface area contributed by atoms with Crippen LogP contribution < -0.4 is 4.90 Å². The van der Waals surface area contributed by atoms with Gasteiger partial charge in [0, 0.05) is 30.8 Å². The predicted molar refractivity (Wildman–Crippen MR) is 109 cm³/mol. The van der Waals surface area contributed by atoms with E-state index in [9.17, 15) is 0 Å². The van der Waals surface area contributed by atoms with Gasteiger partial charge in [0.2, 0.25) is 0 Å². The molecule has 0 N–H and O–H groups in total. The molecule has 1 aromatic carbocycles. The summed E-state index contributed by atoms with van der Waals surface area (Å²) in [6.07, 6.45) is 5.87. The third-order valence-corrected chi connectivity index (χ3v) is 6.47. The van der Waals surface area contributed by atoms with Crippen LogP contribution in [0.1, 0.15) is 42.8 Å². The van der Waals surface area contributed by atoms with Crippen LogP contribution in [0.5, 0.6) is 0 Å². The second-order valence-corrected chi connectivity index (χ2v) is 8.17. The number of para-hydroxylation sites is 1. The first-order chi connectivity index (χ1) is 13.3. The van der Waals surface area contributed by atoms with Crippen molar-refractivity contribution in [2.45, 2.75) is 38.5 Å². The van der Waals surface area contributed by atoms with Crippen LogP contribution in [0.4, 0.5) is 5.82 Å². The highest BCUT2D eigenvalue weighted by atomic mass is 32.1. The molecule has 0 aliphatic carbocycles. The highest BCUT2D eigenvalue weighted by Crippen LogP contribution is 2.35. The number of fused-ring (bicyclic) bond motifs is 2. The molecule has 6 nitrogen and oxygen atoms in total. The van der Waals surface area contributed by atoms with Gasteiger partial charge in [-0.05, 0) is 31.4 Å². The molecule has 0 amide bonds. The molecular weight excluding hydrogens is 356 g/mol. The maximum absolute atomic E-state index is 4.88. The van der Waals surface area contributed by atoms with Crippen LogP contribution in [0.25, 0.3) is 16.0 Å². The Morgan fingerprint density at radius 3 is 2.81 bits per heavy atom. The molecule has 4 aromatic rings. The van der Waals surface area contributed by atoms with Gasteiger partial charge in [0.25, 0.3) is 5.78 Å². The number of aryl methyl sites for hydroxylation is 1. The van der Waals surface area contributed by atoms with Crippen LogP contribution in [0.2, 0.25) is 0 Å². The largest absolute Gasteiger partial charge is 0.356 e. The maximum Gasteiger partial charge on any atom is 0.254 e. The number of benzene rings is 1. The van der Waals surface area contributed by atoms with Crippen molar-refractivity contribution in [3.8, 4) is 0 Å². The minimum absolute atomic E-state index is 0.543. The van der Waals surface area contributed by atoms with E-state index in [1.165, 1.54) is 9.71 Å². The zero-order valence-electron chi connectivity index (χ0n) is 15.4. The molecule has 7 heteroatoms. The number of nitrogens with zero attached hydrogens (tertiary/aromatic N) is 6. The summed E-state index contributed by atoms with van der Waals surface area (Å²) in [5, 5.41) is 5.67. The molecule has 1 saturated heterocycles. The first kappa shape index (κ1) is 16.6. The molecule has 0 saturated carbocycles. The molecule has 0 unspecified atom stereocenters. The number of rotatable bonds is 4. The summed E-state index contributed by atoms with van der Waals surface area (Å²) in [5.74, 6) is 2.36. The minimum Gasteiger partial charge on any atom is -0.356 e. The Bertz CT molecular complexity index is 1040.